The van der Waals surface area contributed by atoms with Crippen molar-refractivity contribution in [1.82, 2.24) is 10.2 Å². The van der Waals surface area contributed by atoms with Crippen molar-refractivity contribution in [3.63, 3.8) is 0 Å². The van der Waals surface area contributed by atoms with Gasteiger partial charge in [-0.1, -0.05) is 47.7 Å². The molecule has 2 aromatic heterocycles. The van der Waals surface area contributed by atoms with Gasteiger partial charge < -0.3 is 9.52 Å². The van der Waals surface area contributed by atoms with Crippen molar-refractivity contribution in [2.75, 3.05) is 5.75 Å². The number of thioether (sulfide) groups is 1. The fourth-order valence-electron chi connectivity index (χ4n) is 1.80. The van der Waals surface area contributed by atoms with Gasteiger partial charge in [0, 0.05) is 5.75 Å². The van der Waals surface area contributed by atoms with Crippen LogP contribution in [0.1, 0.15) is 17.2 Å². The molecule has 21 heavy (non-hydrogen) atoms. The minimum Gasteiger partial charge on any atom is -0.410 e. The second-order valence-electron chi connectivity index (χ2n) is 4.59. The average molecular weight is 318 g/mol. The van der Waals surface area contributed by atoms with E-state index in [-0.39, 0.29) is 0 Å². The molecule has 1 unspecified atom stereocenters. The number of aliphatic hydroxyl groups is 1. The molecule has 0 bridgehead atoms. The first-order chi connectivity index (χ1) is 10.2. The van der Waals surface area contributed by atoms with Gasteiger partial charge in [-0.05, 0) is 23.9 Å². The van der Waals surface area contributed by atoms with Gasteiger partial charge in [0.1, 0.15) is 0 Å². The summed E-state index contributed by atoms with van der Waals surface area (Å²) in [5, 5.41) is 20.6. The summed E-state index contributed by atoms with van der Waals surface area (Å²) >= 11 is 2.92. The van der Waals surface area contributed by atoms with Crippen LogP contribution in [0, 0.1) is 6.92 Å². The molecule has 3 rings (SSSR count). The Morgan fingerprint density at radius 2 is 2.05 bits per heavy atom. The third-order valence-electron chi connectivity index (χ3n) is 2.97. The first kappa shape index (κ1) is 14.3. The Morgan fingerprint density at radius 3 is 2.76 bits per heavy atom. The van der Waals surface area contributed by atoms with Crippen LogP contribution in [-0.4, -0.2) is 21.1 Å². The van der Waals surface area contributed by atoms with Crippen LogP contribution in [-0.2, 0) is 0 Å². The largest absolute Gasteiger partial charge is 0.410 e. The van der Waals surface area contributed by atoms with E-state index in [0.717, 1.165) is 10.4 Å². The molecular formula is C15H14N2O2S2. The van der Waals surface area contributed by atoms with Crippen molar-refractivity contribution in [3.8, 4) is 10.8 Å². The number of thiophene rings is 1. The lowest BCUT2D eigenvalue weighted by Gasteiger charge is -2.09. The minimum atomic E-state index is -0.548. The molecule has 0 fully saturated rings. The summed E-state index contributed by atoms with van der Waals surface area (Å²) in [6.45, 7) is 2.02. The predicted molar refractivity (Wildman–Crippen MR) is 84.5 cm³/mol. The van der Waals surface area contributed by atoms with Gasteiger partial charge in [0.25, 0.3) is 11.1 Å². The maximum atomic E-state index is 10.2. The zero-order chi connectivity index (χ0) is 14.7. The van der Waals surface area contributed by atoms with Crippen molar-refractivity contribution in [2.45, 2.75) is 18.3 Å². The van der Waals surface area contributed by atoms with Crippen molar-refractivity contribution >= 4 is 23.1 Å². The molecule has 6 heteroatoms. The first-order valence-corrected chi connectivity index (χ1v) is 8.34. The van der Waals surface area contributed by atoms with Gasteiger partial charge in [-0.3, -0.25) is 0 Å². The highest BCUT2D eigenvalue weighted by atomic mass is 32.2. The molecular weight excluding hydrogens is 304 g/mol. The third-order valence-corrected chi connectivity index (χ3v) is 4.72. The third kappa shape index (κ3) is 3.53. The first-order valence-electron chi connectivity index (χ1n) is 6.47. The quantitative estimate of drug-likeness (QED) is 0.722. The van der Waals surface area contributed by atoms with Gasteiger partial charge in [0.15, 0.2) is 0 Å². The molecule has 0 aliphatic rings. The summed E-state index contributed by atoms with van der Waals surface area (Å²) in [5.74, 6) is 1.01. The SMILES string of the molecule is Cc1ccc(C(O)CSc2nnc(-c3cccs3)o2)cc1. The van der Waals surface area contributed by atoms with Crippen LogP contribution in [0.2, 0.25) is 0 Å². The van der Waals surface area contributed by atoms with Crippen molar-refractivity contribution in [3.05, 3.63) is 52.9 Å². The Morgan fingerprint density at radius 1 is 1.24 bits per heavy atom. The predicted octanol–water partition coefficient (Wildman–Crippen LogP) is 3.93. The summed E-state index contributed by atoms with van der Waals surface area (Å²) in [5.41, 5.74) is 2.07. The second-order valence-corrected chi connectivity index (χ2v) is 6.51. The second kappa shape index (κ2) is 6.43. The number of rotatable bonds is 5. The Balaban J connectivity index is 1.61. The number of nitrogens with zero attached hydrogens (tertiary/aromatic N) is 2. The molecule has 1 N–H and O–H groups in total. The van der Waals surface area contributed by atoms with E-state index in [4.69, 9.17) is 4.42 Å². The van der Waals surface area contributed by atoms with Gasteiger partial charge >= 0.3 is 0 Å². The molecule has 0 amide bonds. The van der Waals surface area contributed by atoms with Crippen LogP contribution >= 0.6 is 23.1 Å². The summed E-state index contributed by atoms with van der Waals surface area (Å²) in [6, 6.07) is 11.7. The van der Waals surface area contributed by atoms with E-state index in [1.807, 2.05) is 48.7 Å². The van der Waals surface area contributed by atoms with Gasteiger partial charge in [-0.2, -0.15) is 0 Å². The van der Waals surface area contributed by atoms with E-state index in [2.05, 4.69) is 10.2 Å². The summed E-state index contributed by atoms with van der Waals surface area (Å²) < 4.78 is 5.57. The lowest BCUT2D eigenvalue weighted by molar-refractivity contribution is 0.203. The Labute approximate surface area is 130 Å². The molecule has 0 radical (unpaired) electrons. The zero-order valence-corrected chi connectivity index (χ0v) is 13.0. The van der Waals surface area contributed by atoms with E-state index in [1.54, 1.807) is 11.3 Å². The molecule has 1 atom stereocenters. The van der Waals surface area contributed by atoms with Crippen LogP contribution < -0.4 is 0 Å². The molecule has 0 aliphatic carbocycles. The van der Waals surface area contributed by atoms with E-state index in [9.17, 15) is 5.11 Å². The van der Waals surface area contributed by atoms with Crippen LogP contribution in [0.5, 0.6) is 0 Å². The summed E-state index contributed by atoms with van der Waals surface area (Å²) in [7, 11) is 0. The Hall–Kier alpha value is -1.63. The molecule has 4 nitrogen and oxygen atoms in total. The number of aliphatic hydroxyl groups excluding tert-OH is 1. The minimum absolute atomic E-state index is 0.476. The number of hydrogen-bond acceptors (Lipinski definition) is 6. The van der Waals surface area contributed by atoms with Crippen LogP contribution in [0.4, 0.5) is 0 Å². The molecule has 108 valence electrons. The van der Waals surface area contributed by atoms with Gasteiger partial charge in [0.2, 0.25) is 0 Å². The van der Waals surface area contributed by atoms with E-state index in [1.165, 1.54) is 17.3 Å². The lowest BCUT2D eigenvalue weighted by Crippen LogP contribution is -2.00. The van der Waals surface area contributed by atoms with E-state index in [0.29, 0.717) is 16.9 Å². The molecule has 0 aliphatic heterocycles. The fourth-order valence-corrected chi connectivity index (χ4v) is 3.18. The fraction of sp³-hybridized carbons (Fsp3) is 0.200. The Kier molecular flexibility index (Phi) is 4.38. The van der Waals surface area contributed by atoms with Crippen molar-refractivity contribution in [2.24, 2.45) is 0 Å². The molecule has 0 saturated heterocycles. The van der Waals surface area contributed by atoms with Gasteiger partial charge in [0.05, 0.1) is 11.0 Å². The molecule has 2 heterocycles. The zero-order valence-electron chi connectivity index (χ0n) is 11.4. The molecule has 0 spiro atoms. The number of benzene rings is 1. The van der Waals surface area contributed by atoms with E-state index < -0.39 is 6.10 Å². The van der Waals surface area contributed by atoms with Gasteiger partial charge in [-0.15, -0.1) is 21.5 Å². The highest BCUT2D eigenvalue weighted by molar-refractivity contribution is 7.99. The van der Waals surface area contributed by atoms with Crippen molar-refractivity contribution < 1.29 is 9.52 Å². The van der Waals surface area contributed by atoms with Gasteiger partial charge in [-0.25, -0.2) is 0 Å². The van der Waals surface area contributed by atoms with E-state index >= 15 is 0 Å². The van der Waals surface area contributed by atoms with Crippen molar-refractivity contribution in [1.29, 1.82) is 0 Å². The summed E-state index contributed by atoms with van der Waals surface area (Å²) in [4.78, 5) is 0.952. The maximum absolute atomic E-state index is 10.2. The number of hydrogen-bond donors (Lipinski definition) is 1. The van der Waals surface area contributed by atoms with Crippen LogP contribution in [0.15, 0.2) is 51.4 Å². The molecule has 3 aromatic rings. The smallest absolute Gasteiger partial charge is 0.276 e. The highest BCUT2D eigenvalue weighted by Gasteiger charge is 2.13. The standard InChI is InChI=1S/C15H14N2O2S2/c1-10-4-6-11(7-5-10)12(18)9-21-15-17-16-14(19-15)13-3-2-8-20-13/h2-8,12,18H,9H2,1H3. The Bertz CT molecular complexity index is 693. The van der Waals surface area contributed by atoms with Crippen LogP contribution in [0.3, 0.4) is 0 Å². The normalized spacial score (nSPS) is 12.5. The monoisotopic (exact) mass is 318 g/mol. The lowest BCUT2D eigenvalue weighted by atomic mass is 10.1. The summed E-state index contributed by atoms with van der Waals surface area (Å²) in [6.07, 6.45) is -0.548. The average Bonchev–Trinajstić information content (AvgIpc) is 3.16. The molecule has 0 saturated carbocycles. The number of aryl methyl sites for hydroxylation is 1. The highest BCUT2D eigenvalue weighted by Crippen LogP contribution is 2.28. The number of aromatic nitrogens is 2. The maximum Gasteiger partial charge on any atom is 0.276 e. The topological polar surface area (TPSA) is 59.2 Å². The molecule has 1 aromatic carbocycles. The van der Waals surface area contributed by atoms with Crippen LogP contribution in [0.25, 0.3) is 10.8 Å².